The van der Waals surface area contributed by atoms with Crippen LogP contribution in [0.3, 0.4) is 0 Å². The van der Waals surface area contributed by atoms with E-state index >= 15 is 0 Å². The second-order valence-electron chi connectivity index (χ2n) is 6.48. The summed E-state index contributed by atoms with van der Waals surface area (Å²) in [5.74, 6) is 0. The van der Waals surface area contributed by atoms with Crippen molar-refractivity contribution in [2.24, 2.45) is 0 Å². The maximum atomic E-state index is 13.1. The molecule has 0 spiro atoms. The molecule has 0 atom stereocenters. The van der Waals surface area contributed by atoms with E-state index in [1.165, 1.54) is 0 Å². The second kappa shape index (κ2) is 8.24. The van der Waals surface area contributed by atoms with Crippen LogP contribution in [0.5, 0.6) is 0 Å². The smallest absolute Gasteiger partial charge is 0.243 e. The number of sulfonamides is 1. The molecule has 1 aliphatic heterocycles. The normalized spacial score (nSPS) is 17.1. The zero-order valence-electron chi connectivity index (χ0n) is 14.5. The Balaban J connectivity index is 2.22. The molecule has 0 aliphatic carbocycles. The SMILES string of the molecule is CCCN(C1CCNCC1)S(=O)(=O)c1ccc(CN(C)C)cc1. The fraction of sp³-hybridized carbons (Fsp3) is 0.647. The van der Waals surface area contributed by atoms with Crippen molar-refractivity contribution >= 4 is 10.0 Å². The Morgan fingerprint density at radius 3 is 2.26 bits per heavy atom. The minimum Gasteiger partial charge on any atom is -0.317 e. The van der Waals surface area contributed by atoms with E-state index in [1.54, 1.807) is 16.4 Å². The third-order valence-electron chi connectivity index (χ3n) is 4.19. The Morgan fingerprint density at radius 1 is 1.13 bits per heavy atom. The van der Waals surface area contributed by atoms with Gasteiger partial charge < -0.3 is 10.2 Å². The molecule has 0 radical (unpaired) electrons. The van der Waals surface area contributed by atoms with Crippen molar-refractivity contribution < 1.29 is 8.42 Å². The molecule has 1 N–H and O–H groups in total. The van der Waals surface area contributed by atoms with E-state index in [2.05, 4.69) is 10.2 Å². The van der Waals surface area contributed by atoms with Crippen LogP contribution in [0.4, 0.5) is 0 Å². The van der Waals surface area contributed by atoms with Crippen LogP contribution in [-0.2, 0) is 16.6 Å². The summed E-state index contributed by atoms with van der Waals surface area (Å²) in [4.78, 5) is 2.48. The molecule has 0 aromatic heterocycles. The summed E-state index contributed by atoms with van der Waals surface area (Å²) < 4.78 is 27.8. The Kier molecular flexibility index (Phi) is 6.59. The monoisotopic (exact) mass is 339 g/mol. The minimum absolute atomic E-state index is 0.114. The van der Waals surface area contributed by atoms with Crippen LogP contribution in [0.25, 0.3) is 0 Å². The zero-order valence-corrected chi connectivity index (χ0v) is 15.3. The topological polar surface area (TPSA) is 52.7 Å². The molecule has 5 nitrogen and oxygen atoms in total. The van der Waals surface area contributed by atoms with Crippen molar-refractivity contribution in [3.8, 4) is 0 Å². The molecule has 1 aromatic carbocycles. The molecule has 0 unspecified atom stereocenters. The number of nitrogens with zero attached hydrogens (tertiary/aromatic N) is 2. The number of piperidine rings is 1. The van der Waals surface area contributed by atoms with E-state index in [1.807, 2.05) is 33.2 Å². The summed E-state index contributed by atoms with van der Waals surface area (Å²) in [5.41, 5.74) is 1.12. The lowest BCUT2D eigenvalue weighted by molar-refractivity contribution is 0.262. The van der Waals surface area contributed by atoms with Crippen molar-refractivity contribution in [1.29, 1.82) is 0 Å². The molecule has 1 aliphatic rings. The second-order valence-corrected chi connectivity index (χ2v) is 8.37. The summed E-state index contributed by atoms with van der Waals surface area (Å²) in [5, 5.41) is 3.30. The van der Waals surface area contributed by atoms with Crippen LogP contribution < -0.4 is 5.32 Å². The number of rotatable bonds is 7. The molecule has 0 amide bonds. The van der Waals surface area contributed by atoms with Crippen LogP contribution in [0.2, 0.25) is 0 Å². The first kappa shape index (κ1) is 18.4. The van der Waals surface area contributed by atoms with Gasteiger partial charge in [-0.05, 0) is 64.1 Å². The maximum absolute atomic E-state index is 13.1. The Morgan fingerprint density at radius 2 is 1.74 bits per heavy atom. The molecule has 6 heteroatoms. The fourth-order valence-electron chi connectivity index (χ4n) is 3.08. The first-order valence-corrected chi connectivity index (χ1v) is 9.85. The zero-order chi connectivity index (χ0) is 16.9. The van der Waals surface area contributed by atoms with Crippen LogP contribution >= 0.6 is 0 Å². The highest BCUT2D eigenvalue weighted by Crippen LogP contribution is 2.23. The van der Waals surface area contributed by atoms with Crippen molar-refractivity contribution in [1.82, 2.24) is 14.5 Å². The number of hydrogen-bond acceptors (Lipinski definition) is 4. The first-order chi connectivity index (χ1) is 10.9. The van der Waals surface area contributed by atoms with Crippen LogP contribution in [-0.4, -0.2) is 57.4 Å². The Hall–Kier alpha value is -0.950. The van der Waals surface area contributed by atoms with Gasteiger partial charge in [0.15, 0.2) is 0 Å². The van der Waals surface area contributed by atoms with Crippen LogP contribution in [0.15, 0.2) is 29.2 Å². The lowest BCUT2D eigenvalue weighted by Gasteiger charge is -2.33. The summed E-state index contributed by atoms with van der Waals surface area (Å²) in [6.07, 6.45) is 2.61. The Labute approximate surface area is 140 Å². The molecule has 23 heavy (non-hydrogen) atoms. The summed E-state index contributed by atoms with van der Waals surface area (Å²) >= 11 is 0. The lowest BCUT2D eigenvalue weighted by atomic mass is 10.1. The third-order valence-corrected chi connectivity index (χ3v) is 6.15. The standard InChI is InChI=1S/C17H29N3O2S/c1-4-13-20(16-9-11-18-12-10-16)23(21,22)17-7-5-15(6-8-17)14-19(2)3/h5-8,16,18H,4,9-14H2,1-3H3. The van der Waals surface area contributed by atoms with E-state index in [-0.39, 0.29) is 6.04 Å². The van der Waals surface area contributed by atoms with Gasteiger partial charge in [-0.3, -0.25) is 0 Å². The number of hydrogen-bond donors (Lipinski definition) is 1. The molecule has 2 rings (SSSR count). The van der Waals surface area contributed by atoms with E-state index in [9.17, 15) is 8.42 Å². The molecule has 0 saturated carbocycles. The summed E-state index contributed by atoms with van der Waals surface area (Å²) in [6.45, 7) is 5.22. The lowest BCUT2D eigenvalue weighted by Crippen LogP contribution is -2.46. The van der Waals surface area contributed by atoms with Gasteiger partial charge in [0.2, 0.25) is 10.0 Å². The highest BCUT2D eigenvalue weighted by Gasteiger charge is 2.31. The molecule has 1 heterocycles. The first-order valence-electron chi connectivity index (χ1n) is 8.41. The van der Waals surface area contributed by atoms with E-state index in [0.717, 1.165) is 44.5 Å². The third kappa shape index (κ3) is 4.76. The predicted molar refractivity (Wildman–Crippen MR) is 93.9 cm³/mol. The number of benzene rings is 1. The molecule has 1 aromatic rings. The summed E-state index contributed by atoms with van der Waals surface area (Å²) in [6, 6.07) is 7.44. The molecular formula is C17H29N3O2S. The van der Waals surface area contributed by atoms with Gasteiger partial charge in [-0.2, -0.15) is 4.31 Å². The van der Waals surface area contributed by atoms with E-state index in [4.69, 9.17) is 0 Å². The molecule has 130 valence electrons. The van der Waals surface area contributed by atoms with Crippen molar-refractivity contribution in [3.05, 3.63) is 29.8 Å². The van der Waals surface area contributed by atoms with Crippen molar-refractivity contribution in [2.75, 3.05) is 33.7 Å². The number of nitrogens with one attached hydrogen (secondary N) is 1. The fourth-order valence-corrected chi connectivity index (χ4v) is 4.86. The van der Waals surface area contributed by atoms with E-state index in [0.29, 0.717) is 11.4 Å². The van der Waals surface area contributed by atoms with Gasteiger partial charge in [-0.25, -0.2) is 8.42 Å². The quantitative estimate of drug-likeness (QED) is 0.824. The van der Waals surface area contributed by atoms with Crippen LogP contribution in [0.1, 0.15) is 31.7 Å². The van der Waals surface area contributed by atoms with Gasteiger partial charge in [0, 0.05) is 19.1 Å². The van der Waals surface area contributed by atoms with Crippen molar-refractivity contribution in [2.45, 2.75) is 43.7 Å². The molecule has 1 fully saturated rings. The summed E-state index contributed by atoms with van der Waals surface area (Å²) in [7, 11) is 0.593. The van der Waals surface area contributed by atoms with Gasteiger partial charge >= 0.3 is 0 Å². The van der Waals surface area contributed by atoms with Crippen LogP contribution in [0, 0.1) is 0 Å². The molecule has 0 bridgehead atoms. The highest BCUT2D eigenvalue weighted by atomic mass is 32.2. The minimum atomic E-state index is -3.42. The molecular weight excluding hydrogens is 310 g/mol. The van der Waals surface area contributed by atoms with E-state index < -0.39 is 10.0 Å². The van der Waals surface area contributed by atoms with Gasteiger partial charge in [-0.1, -0.05) is 19.1 Å². The van der Waals surface area contributed by atoms with Gasteiger partial charge in [0.05, 0.1) is 4.90 Å². The average Bonchev–Trinajstić information content (AvgIpc) is 2.53. The largest absolute Gasteiger partial charge is 0.317 e. The molecule has 1 saturated heterocycles. The maximum Gasteiger partial charge on any atom is 0.243 e. The van der Waals surface area contributed by atoms with Gasteiger partial charge in [0.25, 0.3) is 0 Å². The highest BCUT2D eigenvalue weighted by molar-refractivity contribution is 7.89. The predicted octanol–water partition coefficient (Wildman–Crippen LogP) is 1.90. The van der Waals surface area contributed by atoms with Gasteiger partial charge in [0.1, 0.15) is 0 Å². The Bertz CT molecular complexity index is 578. The van der Waals surface area contributed by atoms with Crippen molar-refractivity contribution in [3.63, 3.8) is 0 Å². The van der Waals surface area contributed by atoms with Gasteiger partial charge in [-0.15, -0.1) is 0 Å². The average molecular weight is 340 g/mol.